The van der Waals surface area contributed by atoms with Gasteiger partial charge in [0, 0.05) is 29.9 Å². The largest absolute Gasteiger partial charge is 0.321 e. The molecule has 0 aliphatic carbocycles. The van der Waals surface area contributed by atoms with E-state index >= 15 is 0 Å². The van der Waals surface area contributed by atoms with Crippen LogP contribution in [0.25, 0.3) is 22.2 Å². The minimum Gasteiger partial charge on any atom is -0.321 e. The first-order chi connectivity index (χ1) is 17.6. The summed E-state index contributed by atoms with van der Waals surface area (Å²) in [5.74, 6) is -0.174. The van der Waals surface area contributed by atoms with Gasteiger partial charge in [0.1, 0.15) is 6.54 Å². The van der Waals surface area contributed by atoms with Gasteiger partial charge in [-0.25, -0.2) is 9.67 Å². The maximum Gasteiger partial charge on any atom is 0.246 e. The number of pyridine rings is 1. The van der Waals surface area contributed by atoms with Gasteiger partial charge in [-0.2, -0.15) is 15.3 Å². The highest BCUT2D eigenvalue weighted by Crippen LogP contribution is 2.30. The maximum atomic E-state index is 13.2. The molecule has 4 aromatic heterocycles. The van der Waals surface area contributed by atoms with Crippen LogP contribution in [0.5, 0.6) is 0 Å². The molecule has 1 aromatic carbocycles. The van der Waals surface area contributed by atoms with Crippen LogP contribution in [0.3, 0.4) is 0 Å². The predicted molar refractivity (Wildman–Crippen MR) is 145 cm³/mol. The van der Waals surface area contributed by atoms with Gasteiger partial charge in [-0.1, -0.05) is 29.8 Å². The van der Waals surface area contributed by atoms with Crippen LogP contribution in [0.15, 0.2) is 36.5 Å². The second-order valence-electron chi connectivity index (χ2n) is 9.69. The second-order valence-corrected chi connectivity index (χ2v) is 9.69. The lowest BCUT2D eigenvalue weighted by molar-refractivity contribution is -0.116. The molecule has 0 saturated carbocycles. The molecule has 1 N–H and O–H groups in total. The Hall–Kier alpha value is -4.27. The maximum absolute atomic E-state index is 13.2. The van der Waals surface area contributed by atoms with Crippen molar-refractivity contribution in [3.05, 3.63) is 76.1 Å². The second kappa shape index (κ2) is 9.31. The summed E-state index contributed by atoms with van der Waals surface area (Å²) in [5, 5.41) is 17.9. The summed E-state index contributed by atoms with van der Waals surface area (Å²) in [6.07, 6.45) is 1.77. The van der Waals surface area contributed by atoms with Gasteiger partial charge in [0.2, 0.25) is 5.91 Å². The SMILES string of the molecule is Cc1cccc(-c2ccnc3c2c(C)nn3CC(=O)Nc2c(C)nn(Cc3c(C)nn(C)c3C)c2C)c1. The number of rotatable bonds is 6. The molecule has 0 atom stereocenters. The van der Waals surface area contributed by atoms with E-state index in [0.29, 0.717) is 12.2 Å². The highest BCUT2D eigenvalue weighted by atomic mass is 16.2. The quantitative estimate of drug-likeness (QED) is 0.372. The van der Waals surface area contributed by atoms with Gasteiger partial charge in [0.05, 0.1) is 35.0 Å². The summed E-state index contributed by atoms with van der Waals surface area (Å²) in [5.41, 5.74) is 10.5. The fraction of sp³-hybridized carbons (Fsp3) is 0.321. The molecule has 1 amide bonds. The number of carbonyl (C=O) groups excluding carboxylic acids is 1. The molecule has 5 aromatic rings. The molecule has 0 aliphatic heterocycles. The minimum absolute atomic E-state index is 0.0551. The van der Waals surface area contributed by atoms with Gasteiger partial charge < -0.3 is 5.32 Å². The first-order valence-electron chi connectivity index (χ1n) is 12.4. The zero-order valence-corrected chi connectivity index (χ0v) is 22.4. The van der Waals surface area contributed by atoms with E-state index in [1.54, 1.807) is 10.9 Å². The van der Waals surface area contributed by atoms with E-state index in [2.05, 4.69) is 52.5 Å². The van der Waals surface area contributed by atoms with Crippen molar-refractivity contribution in [1.82, 2.24) is 34.3 Å². The standard InChI is InChI=1S/C28H32N8O/c1-16-9-8-10-22(13-16)23-11-12-29-28-26(23)18(3)32-36(28)15-25(37)30-27-19(4)33-35(21(27)6)14-24-17(2)31-34(7)20(24)5/h8-13H,14-15H2,1-7H3,(H,30,37). The topological polar surface area (TPSA) is 95.4 Å². The predicted octanol–water partition coefficient (Wildman–Crippen LogP) is 4.57. The van der Waals surface area contributed by atoms with Crippen molar-refractivity contribution < 1.29 is 4.79 Å². The Morgan fingerprint density at radius 2 is 1.65 bits per heavy atom. The highest BCUT2D eigenvalue weighted by Gasteiger charge is 2.20. The summed E-state index contributed by atoms with van der Waals surface area (Å²) in [6, 6.07) is 10.4. The van der Waals surface area contributed by atoms with Gasteiger partial charge in [-0.3, -0.25) is 14.2 Å². The van der Waals surface area contributed by atoms with Crippen LogP contribution < -0.4 is 5.32 Å². The number of fused-ring (bicyclic) bond motifs is 1. The number of anilines is 1. The molecular formula is C28H32N8O. The highest BCUT2D eigenvalue weighted by molar-refractivity contribution is 5.96. The number of nitrogens with zero attached hydrogens (tertiary/aromatic N) is 7. The number of hydrogen-bond acceptors (Lipinski definition) is 5. The molecule has 4 heterocycles. The number of aromatic nitrogens is 7. The molecule has 9 nitrogen and oxygen atoms in total. The molecule has 5 rings (SSSR count). The van der Waals surface area contributed by atoms with Crippen molar-refractivity contribution in [2.75, 3.05) is 5.32 Å². The number of carbonyl (C=O) groups is 1. The van der Waals surface area contributed by atoms with Crippen LogP contribution in [0.2, 0.25) is 0 Å². The van der Waals surface area contributed by atoms with E-state index in [1.165, 1.54) is 5.56 Å². The van der Waals surface area contributed by atoms with Crippen molar-refractivity contribution in [2.24, 2.45) is 7.05 Å². The van der Waals surface area contributed by atoms with Crippen molar-refractivity contribution in [3.8, 4) is 11.1 Å². The van der Waals surface area contributed by atoms with E-state index in [0.717, 1.165) is 56.2 Å². The third-order valence-electron chi connectivity index (χ3n) is 7.04. The smallest absolute Gasteiger partial charge is 0.246 e. The molecule has 0 radical (unpaired) electrons. The van der Waals surface area contributed by atoms with E-state index < -0.39 is 0 Å². The van der Waals surface area contributed by atoms with Crippen molar-refractivity contribution >= 4 is 22.6 Å². The van der Waals surface area contributed by atoms with Crippen molar-refractivity contribution in [2.45, 2.75) is 54.6 Å². The molecule has 0 fully saturated rings. The van der Waals surface area contributed by atoms with Crippen molar-refractivity contribution in [1.29, 1.82) is 0 Å². The first kappa shape index (κ1) is 24.4. The van der Waals surface area contributed by atoms with Gasteiger partial charge in [-0.15, -0.1) is 0 Å². The molecule has 0 spiro atoms. The molecule has 0 unspecified atom stereocenters. The van der Waals surface area contributed by atoms with Crippen molar-refractivity contribution in [3.63, 3.8) is 0 Å². The Labute approximate surface area is 216 Å². The molecule has 190 valence electrons. The van der Waals surface area contributed by atoms with E-state index in [9.17, 15) is 4.79 Å². The lowest BCUT2D eigenvalue weighted by Gasteiger charge is -2.09. The van der Waals surface area contributed by atoms with E-state index in [-0.39, 0.29) is 12.5 Å². The number of nitrogens with one attached hydrogen (secondary N) is 1. The summed E-state index contributed by atoms with van der Waals surface area (Å²) in [6.45, 7) is 12.6. The number of benzene rings is 1. The molecule has 0 bridgehead atoms. The Bertz CT molecular complexity index is 1650. The van der Waals surface area contributed by atoms with Crippen LogP contribution in [0.4, 0.5) is 5.69 Å². The summed E-state index contributed by atoms with van der Waals surface area (Å²) in [7, 11) is 1.94. The number of aryl methyl sites for hydroxylation is 5. The Morgan fingerprint density at radius 3 is 2.35 bits per heavy atom. The lowest BCUT2D eigenvalue weighted by atomic mass is 10.0. The number of hydrogen-bond donors (Lipinski definition) is 1. The zero-order valence-electron chi connectivity index (χ0n) is 22.4. The molecule has 0 aliphatic rings. The zero-order chi connectivity index (χ0) is 26.4. The Balaban J connectivity index is 1.40. The fourth-order valence-corrected chi connectivity index (χ4v) is 4.99. The average molecular weight is 497 g/mol. The minimum atomic E-state index is -0.174. The molecule has 0 saturated heterocycles. The normalized spacial score (nSPS) is 11.4. The fourth-order valence-electron chi connectivity index (χ4n) is 4.99. The van der Waals surface area contributed by atoms with Gasteiger partial charge in [0.25, 0.3) is 0 Å². The monoisotopic (exact) mass is 496 g/mol. The molecule has 9 heteroatoms. The third kappa shape index (κ3) is 4.41. The summed E-state index contributed by atoms with van der Waals surface area (Å²) >= 11 is 0. The third-order valence-corrected chi connectivity index (χ3v) is 7.04. The number of amides is 1. The summed E-state index contributed by atoms with van der Waals surface area (Å²) < 4.78 is 5.48. The Kier molecular flexibility index (Phi) is 6.15. The molecule has 37 heavy (non-hydrogen) atoms. The van der Waals surface area contributed by atoms with Crippen LogP contribution in [0.1, 0.15) is 39.6 Å². The van der Waals surface area contributed by atoms with Gasteiger partial charge in [0.15, 0.2) is 5.65 Å². The van der Waals surface area contributed by atoms with Crippen LogP contribution in [-0.4, -0.2) is 40.2 Å². The van der Waals surface area contributed by atoms with Crippen LogP contribution in [-0.2, 0) is 24.9 Å². The summed E-state index contributed by atoms with van der Waals surface area (Å²) in [4.78, 5) is 17.7. The van der Waals surface area contributed by atoms with Gasteiger partial charge >= 0.3 is 0 Å². The van der Waals surface area contributed by atoms with E-state index in [1.807, 2.05) is 56.2 Å². The first-order valence-corrected chi connectivity index (χ1v) is 12.4. The van der Waals surface area contributed by atoms with E-state index in [4.69, 9.17) is 5.10 Å². The average Bonchev–Trinajstić information content (AvgIpc) is 3.41. The molecular weight excluding hydrogens is 464 g/mol. The van der Waals surface area contributed by atoms with Crippen LogP contribution >= 0.6 is 0 Å². The Morgan fingerprint density at radius 1 is 0.892 bits per heavy atom. The van der Waals surface area contributed by atoms with Crippen LogP contribution in [0, 0.1) is 41.5 Å². The lowest BCUT2D eigenvalue weighted by Crippen LogP contribution is -2.20. The van der Waals surface area contributed by atoms with Gasteiger partial charge in [-0.05, 0) is 58.7 Å².